The van der Waals surface area contributed by atoms with Crippen molar-refractivity contribution in [2.24, 2.45) is 0 Å². The summed E-state index contributed by atoms with van der Waals surface area (Å²) in [6, 6.07) is 1.76. The van der Waals surface area contributed by atoms with E-state index in [9.17, 15) is 13.6 Å². The molecule has 3 atom stereocenters. The van der Waals surface area contributed by atoms with Crippen LogP contribution in [0.15, 0.2) is 6.07 Å². The number of ether oxygens (including phenoxy) is 1. The lowest BCUT2D eigenvalue weighted by Gasteiger charge is -2.16. The zero-order chi connectivity index (χ0) is 15.3. The summed E-state index contributed by atoms with van der Waals surface area (Å²) in [7, 11) is 0. The highest BCUT2D eigenvalue weighted by atomic mass is 19.3. The number of nitrogens with zero attached hydrogens (tertiary/aromatic N) is 1. The lowest BCUT2D eigenvalue weighted by Crippen LogP contribution is -2.40. The topological polar surface area (TPSA) is 93.0 Å². The molecule has 1 heterocycles. The number of anilines is 1. The van der Waals surface area contributed by atoms with Crippen molar-refractivity contribution in [3.63, 3.8) is 0 Å². The van der Waals surface area contributed by atoms with Crippen molar-refractivity contribution in [2.45, 2.75) is 56.1 Å². The van der Waals surface area contributed by atoms with Crippen molar-refractivity contribution < 1.29 is 18.3 Å². The third-order valence-electron chi connectivity index (χ3n) is 4.33. The second-order valence-electron chi connectivity index (χ2n) is 6.12. The Kier molecular flexibility index (Phi) is 3.07. The second-order valence-corrected chi connectivity index (χ2v) is 6.12. The lowest BCUT2D eigenvalue weighted by atomic mass is 10.0. The largest absolute Gasteiger partial charge is 0.446 e. The number of nitrogens with two attached hydrogens (primary N) is 1. The van der Waals surface area contributed by atoms with Crippen LogP contribution in [0.3, 0.4) is 0 Å². The van der Waals surface area contributed by atoms with Gasteiger partial charge in [0.15, 0.2) is 0 Å². The molecule has 2 aliphatic carbocycles. The maximum atomic E-state index is 13.0. The maximum Gasteiger partial charge on any atom is 0.408 e. The van der Waals surface area contributed by atoms with Crippen LogP contribution in [0.25, 0.3) is 0 Å². The fourth-order valence-electron chi connectivity index (χ4n) is 2.82. The first-order valence-corrected chi connectivity index (χ1v) is 6.96. The molecule has 0 aliphatic heterocycles. The number of alkyl halides is 2. The Morgan fingerprint density at radius 2 is 2.29 bits per heavy atom. The van der Waals surface area contributed by atoms with Crippen molar-refractivity contribution in [3.05, 3.63) is 11.8 Å². The first-order chi connectivity index (χ1) is 9.79. The van der Waals surface area contributed by atoms with Gasteiger partial charge in [-0.15, -0.1) is 0 Å². The van der Waals surface area contributed by atoms with Crippen molar-refractivity contribution in [2.75, 3.05) is 5.73 Å². The Bertz CT molecular complexity index is 562. The van der Waals surface area contributed by atoms with Crippen molar-refractivity contribution in [1.82, 2.24) is 15.5 Å². The first-order valence-electron chi connectivity index (χ1n) is 6.96. The van der Waals surface area contributed by atoms with Gasteiger partial charge in [-0.1, -0.05) is 0 Å². The minimum atomic E-state index is -2.84. The van der Waals surface area contributed by atoms with Gasteiger partial charge in [0.2, 0.25) is 0 Å². The summed E-state index contributed by atoms with van der Waals surface area (Å²) in [5.74, 6) is -2.16. The van der Waals surface area contributed by atoms with Crippen LogP contribution in [0.5, 0.6) is 0 Å². The summed E-state index contributed by atoms with van der Waals surface area (Å²) < 4.78 is 31.3. The Balaban J connectivity index is 1.50. The molecule has 1 aromatic rings. The van der Waals surface area contributed by atoms with Crippen LogP contribution in [-0.2, 0) is 4.74 Å². The zero-order valence-corrected chi connectivity index (χ0v) is 11.7. The Morgan fingerprint density at radius 3 is 2.86 bits per heavy atom. The summed E-state index contributed by atoms with van der Waals surface area (Å²) in [6.07, 6.45) is 0.763. The molecule has 0 saturated heterocycles. The minimum Gasteiger partial charge on any atom is -0.446 e. The number of amides is 1. The van der Waals surface area contributed by atoms with Gasteiger partial charge in [0.1, 0.15) is 17.5 Å². The van der Waals surface area contributed by atoms with E-state index in [0.717, 1.165) is 12.1 Å². The van der Waals surface area contributed by atoms with Gasteiger partial charge in [-0.25, -0.2) is 13.6 Å². The second kappa shape index (κ2) is 4.57. The maximum absolute atomic E-state index is 13.0. The molecule has 1 aromatic heterocycles. The summed E-state index contributed by atoms with van der Waals surface area (Å²) in [6.45, 7) is 1.32. The molecular weight excluding hydrogens is 282 g/mol. The monoisotopic (exact) mass is 300 g/mol. The van der Waals surface area contributed by atoms with E-state index in [2.05, 4.69) is 15.5 Å². The van der Waals surface area contributed by atoms with Crippen LogP contribution >= 0.6 is 0 Å². The number of hydrogen-bond donors (Lipinski definition) is 3. The smallest absolute Gasteiger partial charge is 0.408 e. The van der Waals surface area contributed by atoms with Crippen LogP contribution in [0.1, 0.15) is 44.2 Å². The zero-order valence-electron chi connectivity index (χ0n) is 11.7. The number of aromatic nitrogens is 2. The molecule has 0 bridgehead atoms. The summed E-state index contributed by atoms with van der Waals surface area (Å²) in [5, 5.41) is 9.02. The molecule has 0 radical (unpaired) electrons. The van der Waals surface area contributed by atoms with E-state index >= 15 is 0 Å². The third kappa shape index (κ3) is 2.66. The fourth-order valence-corrected chi connectivity index (χ4v) is 2.82. The summed E-state index contributed by atoms with van der Waals surface area (Å²) in [4.78, 5) is 11.7. The number of H-pyrrole nitrogens is 1. The van der Waals surface area contributed by atoms with Gasteiger partial charge >= 0.3 is 6.09 Å². The molecule has 1 amide bonds. The number of nitrogens with one attached hydrogen (secondary N) is 2. The van der Waals surface area contributed by atoms with E-state index < -0.39 is 17.6 Å². The van der Waals surface area contributed by atoms with E-state index in [1.807, 2.05) is 0 Å². The highest BCUT2D eigenvalue weighted by Gasteiger charge is 2.69. The molecule has 0 aromatic carbocycles. The van der Waals surface area contributed by atoms with E-state index in [4.69, 9.17) is 10.5 Å². The molecule has 8 heteroatoms. The van der Waals surface area contributed by atoms with Crippen LogP contribution in [0.2, 0.25) is 0 Å². The van der Waals surface area contributed by atoms with Crippen LogP contribution in [0.4, 0.5) is 19.4 Å². The van der Waals surface area contributed by atoms with Gasteiger partial charge in [0, 0.05) is 18.4 Å². The predicted molar refractivity (Wildman–Crippen MR) is 71.0 cm³/mol. The number of halogens is 2. The van der Waals surface area contributed by atoms with E-state index in [1.165, 1.54) is 6.92 Å². The van der Waals surface area contributed by atoms with Crippen LogP contribution < -0.4 is 11.1 Å². The molecule has 0 spiro atoms. The van der Waals surface area contributed by atoms with Crippen LogP contribution in [0, 0.1) is 0 Å². The number of rotatable bonds is 3. The van der Waals surface area contributed by atoms with E-state index in [0.29, 0.717) is 18.7 Å². The Morgan fingerprint density at radius 1 is 1.57 bits per heavy atom. The molecule has 21 heavy (non-hydrogen) atoms. The number of carbonyl (C=O) groups is 1. The van der Waals surface area contributed by atoms with E-state index in [1.54, 1.807) is 6.07 Å². The van der Waals surface area contributed by atoms with Gasteiger partial charge in [-0.3, -0.25) is 5.10 Å². The highest BCUT2D eigenvalue weighted by molar-refractivity contribution is 5.69. The summed E-state index contributed by atoms with van der Waals surface area (Å²) in [5.41, 5.74) is 4.97. The van der Waals surface area contributed by atoms with Crippen molar-refractivity contribution in [1.29, 1.82) is 0 Å². The van der Waals surface area contributed by atoms with Gasteiger partial charge < -0.3 is 15.8 Å². The molecule has 2 saturated carbocycles. The number of alkyl carbamates (subject to hydrolysis) is 1. The first kappa shape index (κ1) is 14.1. The molecule has 6 nitrogen and oxygen atoms in total. The van der Waals surface area contributed by atoms with Gasteiger partial charge in [-0.2, -0.15) is 5.10 Å². The molecule has 4 N–H and O–H groups in total. The Hall–Kier alpha value is -1.86. The number of carbonyl (C=O) groups excluding carboxylic acids is 1. The minimum absolute atomic E-state index is 0.175. The molecule has 1 unspecified atom stereocenters. The number of hydrogen-bond acceptors (Lipinski definition) is 4. The normalized spacial score (nSPS) is 33.7. The molecule has 116 valence electrons. The van der Waals surface area contributed by atoms with Crippen molar-refractivity contribution >= 4 is 11.9 Å². The fraction of sp³-hybridized carbons (Fsp3) is 0.692. The van der Waals surface area contributed by atoms with Gasteiger partial charge in [0.25, 0.3) is 5.92 Å². The molecule has 2 aliphatic rings. The SMILES string of the molecule is CC1(NC(=O)O[C@@H]2CC[C@H](c3cc(N)[nH]n3)C2)CC1(F)F. The van der Waals surface area contributed by atoms with Crippen molar-refractivity contribution in [3.8, 4) is 0 Å². The van der Waals surface area contributed by atoms with E-state index in [-0.39, 0.29) is 18.4 Å². The Labute approximate surface area is 120 Å². The average Bonchev–Trinajstić information content (AvgIpc) is 2.81. The standard InChI is InChI=1S/C13H18F2N4O2/c1-12(6-13(12,14)15)17-11(20)21-8-3-2-7(4-8)9-5-10(16)19-18-9/h5,7-8H,2-4,6H2,1H3,(H,17,20)(H3,16,18,19)/t7-,8+,12?/m0/s1. The highest BCUT2D eigenvalue weighted by Crippen LogP contribution is 2.52. The number of aromatic amines is 1. The average molecular weight is 300 g/mol. The predicted octanol–water partition coefficient (Wildman–Crippen LogP) is 2.15. The summed E-state index contributed by atoms with van der Waals surface area (Å²) >= 11 is 0. The quantitative estimate of drug-likeness (QED) is 0.797. The molecule has 3 rings (SSSR count). The molecule has 2 fully saturated rings. The number of nitrogen functional groups attached to an aromatic ring is 1. The van der Waals surface area contributed by atoms with Gasteiger partial charge in [-0.05, 0) is 26.2 Å². The molecular formula is C13H18F2N4O2. The van der Waals surface area contributed by atoms with Crippen LogP contribution in [-0.4, -0.2) is 33.9 Å². The lowest BCUT2D eigenvalue weighted by molar-refractivity contribution is 0.0657. The van der Waals surface area contributed by atoms with Gasteiger partial charge in [0.05, 0.1) is 5.69 Å². The third-order valence-corrected chi connectivity index (χ3v) is 4.33.